The lowest BCUT2D eigenvalue weighted by molar-refractivity contribution is -0.0239. The van der Waals surface area contributed by atoms with Gasteiger partial charge < -0.3 is 4.74 Å². The van der Waals surface area contributed by atoms with Crippen LogP contribution in [0.25, 0.3) is 0 Å². The Kier molecular flexibility index (Phi) is 4.23. The van der Waals surface area contributed by atoms with Crippen LogP contribution in [0.5, 0.6) is 0 Å². The van der Waals surface area contributed by atoms with Gasteiger partial charge in [0.15, 0.2) is 0 Å². The highest BCUT2D eigenvalue weighted by atomic mass is 16.5. The SMILES string of the molecule is COC1C(C#N)C(C#N)C(C#N)C(C#N)C1C#N. The molecule has 1 aliphatic rings. The number of ether oxygens (including phenoxy) is 1. The molecule has 6 heteroatoms. The molecule has 0 radical (unpaired) electrons. The molecule has 0 N–H and O–H groups in total. The highest BCUT2D eigenvalue weighted by Crippen LogP contribution is 2.42. The van der Waals surface area contributed by atoms with Crippen molar-refractivity contribution in [2.75, 3.05) is 7.11 Å². The van der Waals surface area contributed by atoms with Crippen molar-refractivity contribution in [1.29, 1.82) is 26.3 Å². The molecule has 88 valence electrons. The molecule has 0 aliphatic heterocycles. The molecule has 4 atom stereocenters. The third-order valence-electron chi connectivity index (χ3n) is 3.27. The Bertz CT molecular complexity index is 483. The smallest absolute Gasteiger partial charge is 0.0914 e. The van der Waals surface area contributed by atoms with Crippen LogP contribution in [0.4, 0.5) is 0 Å². The first kappa shape index (κ1) is 13.5. The van der Waals surface area contributed by atoms with Gasteiger partial charge in [0.2, 0.25) is 0 Å². The zero-order valence-electron chi connectivity index (χ0n) is 9.61. The molecule has 0 amide bonds. The number of nitrogens with zero attached hydrogens (tertiary/aromatic N) is 5. The fraction of sp³-hybridized carbons (Fsp3) is 0.583. The summed E-state index contributed by atoms with van der Waals surface area (Å²) < 4.78 is 5.10. The summed E-state index contributed by atoms with van der Waals surface area (Å²) in [6.07, 6.45) is -0.820. The maximum absolute atomic E-state index is 9.10. The van der Waals surface area contributed by atoms with Gasteiger partial charge in [0.05, 0.1) is 66.0 Å². The second-order valence-electron chi connectivity index (χ2n) is 3.97. The zero-order valence-corrected chi connectivity index (χ0v) is 9.61. The number of hydrogen-bond donors (Lipinski definition) is 0. The van der Waals surface area contributed by atoms with E-state index in [0.29, 0.717) is 0 Å². The van der Waals surface area contributed by atoms with Gasteiger partial charge in [-0.15, -0.1) is 0 Å². The van der Waals surface area contributed by atoms with E-state index in [1.807, 2.05) is 30.3 Å². The molecule has 1 aliphatic carbocycles. The molecule has 6 nitrogen and oxygen atoms in total. The highest BCUT2D eigenvalue weighted by Gasteiger charge is 2.52. The molecule has 18 heavy (non-hydrogen) atoms. The van der Waals surface area contributed by atoms with Crippen LogP contribution in [0.2, 0.25) is 0 Å². The lowest BCUT2D eigenvalue weighted by atomic mass is 9.62. The van der Waals surface area contributed by atoms with Crippen molar-refractivity contribution >= 4 is 0 Å². The molecule has 1 fully saturated rings. The van der Waals surface area contributed by atoms with Crippen LogP contribution in [-0.2, 0) is 4.74 Å². The molecular weight excluding hydrogens is 230 g/mol. The number of methoxy groups -OCH3 is 1. The van der Waals surface area contributed by atoms with Crippen molar-refractivity contribution in [2.24, 2.45) is 29.6 Å². The molecule has 1 saturated carbocycles. The van der Waals surface area contributed by atoms with E-state index in [9.17, 15) is 0 Å². The maximum atomic E-state index is 9.10. The van der Waals surface area contributed by atoms with Crippen molar-refractivity contribution in [3.05, 3.63) is 0 Å². The van der Waals surface area contributed by atoms with Crippen molar-refractivity contribution in [3.8, 4) is 30.3 Å². The summed E-state index contributed by atoms with van der Waals surface area (Å²) in [5, 5.41) is 45.4. The van der Waals surface area contributed by atoms with E-state index in [1.165, 1.54) is 7.11 Å². The number of rotatable bonds is 1. The predicted molar refractivity (Wildman–Crippen MR) is 56.3 cm³/mol. The Morgan fingerprint density at radius 2 is 0.889 bits per heavy atom. The van der Waals surface area contributed by atoms with Gasteiger partial charge in [-0.3, -0.25) is 0 Å². The average molecular weight is 239 g/mol. The van der Waals surface area contributed by atoms with Gasteiger partial charge in [-0.2, -0.15) is 26.3 Å². The Morgan fingerprint density at radius 3 is 1.11 bits per heavy atom. The molecule has 0 aromatic heterocycles. The molecule has 0 aromatic rings. The van der Waals surface area contributed by atoms with Gasteiger partial charge >= 0.3 is 0 Å². The lowest BCUT2D eigenvalue weighted by Gasteiger charge is -2.38. The average Bonchev–Trinajstić information content (AvgIpc) is 2.43. The highest BCUT2D eigenvalue weighted by molar-refractivity contribution is 5.22. The molecular formula is C12H9N5O. The second kappa shape index (κ2) is 5.65. The van der Waals surface area contributed by atoms with E-state index < -0.39 is 35.7 Å². The summed E-state index contributed by atoms with van der Waals surface area (Å²) in [5.41, 5.74) is 0. The first-order valence-corrected chi connectivity index (χ1v) is 5.21. The molecule has 0 bridgehead atoms. The van der Waals surface area contributed by atoms with Gasteiger partial charge in [-0.25, -0.2) is 0 Å². The minimum Gasteiger partial charge on any atom is -0.379 e. The minimum absolute atomic E-state index is 0.820. The van der Waals surface area contributed by atoms with Crippen molar-refractivity contribution in [2.45, 2.75) is 6.10 Å². The molecule has 1 rings (SSSR count). The molecule has 4 unspecified atom stereocenters. The Balaban J connectivity index is 3.33. The molecule has 0 aromatic carbocycles. The second-order valence-corrected chi connectivity index (χ2v) is 3.97. The zero-order chi connectivity index (χ0) is 13.7. The van der Waals surface area contributed by atoms with Crippen LogP contribution in [0.15, 0.2) is 0 Å². The fourth-order valence-corrected chi connectivity index (χ4v) is 2.38. The Hall–Kier alpha value is -2.59. The Morgan fingerprint density at radius 1 is 0.611 bits per heavy atom. The summed E-state index contributed by atoms with van der Waals surface area (Å²) in [5.74, 6) is -4.53. The predicted octanol–water partition coefficient (Wildman–Crippen LogP) is 0.714. The van der Waals surface area contributed by atoms with Crippen LogP contribution in [0.1, 0.15) is 0 Å². The van der Waals surface area contributed by atoms with E-state index in [1.54, 1.807) is 0 Å². The summed E-state index contributed by atoms with van der Waals surface area (Å²) in [6.45, 7) is 0. The van der Waals surface area contributed by atoms with Crippen molar-refractivity contribution in [3.63, 3.8) is 0 Å². The number of hydrogen-bond acceptors (Lipinski definition) is 6. The fourth-order valence-electron chi connectivity index (χ4n) is 2.38. The summed E-state index contributed by atoms with van der Waals surface area (Å²) in [7, 11) is 1.33. The van der Waals surface area contributed by atoms with Crippen LogP contribution < -0.4 is 0 Å². The molecule has 0 spiro atoms. The third-order valence-corrected chi connectivity index (χ3v) is 3.27. The Labute approximate surface area is 105 Å². The first-order chi connectivity index (χ1) is 8.69. The van der Waals surface area contributed by atoms with Gasteiger partial charge in [-0.1, -0.05) is 0 Å². The van der Waals surface area contributed by atoms with Gasteiger partial charge in [0.25, 0.3) is 0 Å². The summed E-state index contributed by atoms with van der Waals surface area (Å²) in [6, 6.07) is 9.50. The standard InChI is InChI=1S/C12H9N5O/c1-18-12-10(5-16)8(3-14)7(2-13)9(4-15)11(12)6-17/h7-12H,1H3. The van der Waals surface area contributed by atoms with E-state index >= 15 is 0 Å². The summed E-state index contributed by atoms with van der Waals surface area (Å²) in [4.78, 5) is 0. The van der Waals surface area contributed by atoms with Crippen LogP contribution >= 0.6 is 0 Å². The quantitative estimate of drug-likeness (QED) is 0.662. The topological polar surface area (TPSA) is 128 Å². The van der Waals surface area contributed by atoms with Gasteiger partial charge in [-0.05, 0) is 0 Å². The van der Waals surface area contributed by atoms with E-state index in [0.717, 1.165) is 0 Å². The minimum atomic E-state index is -0.944. The normalized spacial score (nSPS) is 38.2. The van der Waals surface area contributed by atoms with Gasteiger partial charge in [0.1, 0.15) is 0 Å². The van der Waals surface area contributed by atoms with Gasteiger partial charge in [0, 0.05) is 7.11 Å². The largest absolute Gasteiger partial charge is 0.379 e. The van der Waals surface area contributed by atoms with E-state index in [4.69, 9.17) is 31.0 Å². The van der Waals surface area contributed by atoms with Crippen molar-refractivity contribution in [1.82, 2.24) is 0 Å². The van der Waals surface area contributed by atoms with E-state index in [2.05, 4.69) is 0 Å². The molecule has 0 saturated heterocycles. The van der Waals surface area contributed by atoms with E-state index in [-0.39, 0.29) is 0 Å². The molecule has 0 heterocycles. The lowest BCUT2D eigenvalue weighted by Crippen LogP contribution is -2.48. The van der Waals surface area contributed by atoms with Crippen molar-refractivity contribution < 1.29 is 4.74 Å². The van der Waals surface area contributed by atoms with Crippen LogP contribution in [0.3, 0.4) is 0 Å². The maximum Gasteiger partial charge on any atom is 0.0914 e. The van der Waals surface area contributed by atoms with Crippen LogP contribution in [-0.4, -0.2) is 13.2 Å². The van der Waals surface area contributed by atoms with Crippen LogP contribution in [0, 0.1) is 86.2 Å². The summed E-state index contributed by atoms with van der Waals surface area (Å²) >= 11 is 0. The first-order valence-electron chi connectivity index (χ1n) is 5.21. The third kappa shape index (κ3) is 1.85. The number of nitriles is 5. The monoisotopic (exact) mass is 239 g/mol.